The maximum absolute atomic E-state index is 11.5. The van der Waals surface area contributed by atoms with Crippen LogP contribution in [0.3, 0.4) is 0 Å². The number of nitrogens with two attached hydrogens (primary N) is 1. The number of aromatic carboxylic acids is 2. The number of carboxylic acids is 2. The van der Waals surface area contributed by atoms with Crippen molar-refractivity contribution in [2.45, 2.75) is 13.5 Å². The van der Waals surface area contributed by atoms with Crippen LogP contribution in [0.2, 0.25) is 0 Å². The predicted molar refractivity (Wildman–Crippen MR) is 78.4 cm³/mol. The van der Waals surface area contributed by atoms with Gasteiger partial charge in [-0.15, -0.1) is 0 Å². The molecule has 0 heterocycles. The summed E-state index contributed by atoms with van der Waals surface area (Å²) in [5.41, 5.74) is 7.69. The van der Waals surface area contributed by atoms with Crippen LogP contribution in [-0.2, 0) is 6.54 Å². The fourth-order valence-electron chi connectivity index (χ4n) is 2.27. The van der Waals surface area contributed by atoms with E-state index in [9.17, 15) is 19.8 Å². The Morgan fingerprint density at radius 2 is 1.62 bits per heavy atom. The van der Waals surface area contributed by atoms with E-state index >= 15 is 0 Å². The Bertz CT molecular complexity index is 705. The highest BCUT2D eigenvalue weighted by Gasteiger charge is 2.21. The molecule has 0 fully saturated rings. The lowest BCUT2D eigenvalue weighted by molar-refractivity contribution is 0.0695. The van der Waals surface area contributed by atoms with Crippen molar-refractivity contribution in [3.8, 4) is 11.1 Å². The third kappa shape index (κ3) is 2.78. The molecular formula is C16H15NO4. The first-order valence-corrected chi connectivity index (χ1v) is 6.35. The monoisotopic (exact) mass is 285 g/mol. The van der Waals surface area contributed by atoms with Gasteiger partial charge in [0.2, 0.25) is 0 Å². The molecule has 0 spiro atoms. The Morgan fingerprint density at radius 1 is 1.00 bits per heavy atom. The number of carbonyl (C=O) groups is 2. The van der Waals surface area contributed by atoms with E-state index < -0.39 is 11.9 Å². The minimum absolute atomic E-state index is 0.00963. The van der Waals surface area contributed by atoms with Crippen molar-refractivity contribution in [1.82, 2.24) is 0 Å². The van der Waals surface area contributed by atoms with E-state index in [1.807, 2.05) is 0 Å². The van der Waals surface area contributed by atoms with Crippen LogP contribution in [-0.4, -0.2) is 22.2 Å². The van der Waals surface area contributed by atoms with Crippen molar-refractivity contribution in [2.75, 3.05) is 0 Å². The van der Waals surface area contributed by atoms with Crippen molar-refractivity contribution in [1.29, 1.82) is 0 Å². The van der Waals surface area contributed by atoms with E-state index in [1.165, 1.54) is 12.1 Å². The molecule has 0 saturated heterocycles. The van der Waals surface area contributed by atoms with E-state index in [2.05, 4.69) is 0 Å². The summed E-state index contributed by atoms with van der Waals surface area (Å²) < 4.78 is 0. The van der Waals surface area contributed by atoms with E-state index in [0.717, 1.165) is 5.56 Å². The molecule has 5 heteroatoms. The van der Waals surface area contributed by atoms with Crippen LogP contribution < -0.4 is 5.73 Å². The molecule has 0 aliphatic rings. The average Bonchev–Trinajstić information content (AvgIpc) is 2.46. The largest absolute Gasteiger partial charge is 0.478 e. The Hall–Kier alpha value is -2.66. The lowest BCUT2D eigenvalue weighted by atomic mass is 9.91. The van der Waals surface area contributed by atoms with E-state index in [1.54, 1.807) is 31.2 Å². The molecule has 0 radical (unpaired) electrons. The van der Waals surface area contributed by atoms with Gasteiger partial charge >= 0.3 is 11.9 Å². The van der Waals surface area contributed by atoms with Crippen LogP contribution in [0.5, 0.6) is 0 Å². The minimum Gasteiger partial charge on any atom is -0.478 e. The Kier molecular flexibility index (Phi) is 4.05. The highest BCUT2D eigenvalue weighted by molar-refractivity contribution is 6.05. The number of benzene rings is 2. The molecule has 4 N–H and O–H groups in total. The van der Waals surface area contributed by atoms with Crippen molar-refractivity contribution < 1.29 is 19.8 Å². The van der Waals surface area contributed by atoms with Gasteiger partial charge in [-0.1, -0.05) is 30.3 Å². The molecule has 2 rings (SSSR count). The summed E-state index contributed by atoms with van der Waals surface area (Å²) in [7, 11) is 0. The first-order chi connectivity index (χ1) is 9.95. The number of aryl methyl sites for hydroxylation is 1. The number of carboxylic acid groups (broad SMARTS) is 2. The zero-order chi connectivity index (χ0) is 15.6. The van der Waals surface area contributed by atoms with E-state index in [4.69, 9.17) is 5.73 Å². The van der Waals surface area contributed by atoms with Gasteiger partial charge in [-0.25, -0.2) is 9.59 Å². The third-order valence-electron chi connectivity index (χ3n) is 3.34. The van der Waals surface area contributed by atoms with Crippen LogP contribution in [0, 0.1) is 6.92 Å². The van der Waals surface area contributed by atoms with Gasteiger partial charge in [0.1, 0.15) is 0 Å². The lowest BCUT2D eigenvalue weighted by Crippen LogP contribution is -2.09. The summed E-state index contributed by atoms with van der Waals surface area (Å²) in [6, 6.07) is 9.83. The standard InChI is InChI=1S/C16H15NO4/c1-9-2-7-12(15(18)19)14(13(9)16(20)21)11-5-3-10(8-17)4-6-11/h2-7H,8,17H2,1H3,(H,18,19)(H,20,21). The SMILES string of the molecule is Cc1ccc(C(=O)O)c(-c2ccc(CN)cc2)c1C(=O)O. The highest BCUT2D eigenvalue weighted by Crippen LogP contribution is 2.30. The molecule has 21 heavy (non-hydrogen) atoms. The van der Waals surface area contributed by atoms with Gasteiger partial charge in [0.15, 0.2) is 0 Å². The summed E-state index contributed by atoms with van der Waals surface area (Å²) >= 11 is 0. The molecule has 0 aliphatic heterocycles. The van der Waals surface area contributed by atoms with Crippen molar-refractivity contribution in [3.63, 3.8) is 0 Å². The summed E-state index contributed by atoms with van der Waals surface area (Å²) in [6.45, 7) is 2.01. The molecule has 5 nitrogen and oxygen atoms in total. The summed E-state index contributed by atoms with van der Waals surface area (Å²) in [4.78, 5) is 22.9. The molecule has 0 amide bonds. The van der Waals surface area contributed by atoms with Gasteiger partial charge < -0.3 is 15.9 Å². The van der Waals surface area contributed by atoms with Crippen LogP contribution in [0.1, 0.15) is 31.8 Å². The van der Waals surface area contributed by atoms with E-state index in [-0.39, 0.29) is 16.7 Å². The van der Waals surface area contributed by atoms with Crippen LogP contribution >= 0.6 is 0 Å². The minimum atomic E-state index is -1.16. The van der Waals surface area contributed by atoms with Gasteiger partial charge in [0.05, 0.1) is 11.1 Å². The predicted octanol–water partition coefficient (Wildman–Crippen LogP) is 2.52. The summed E-state index contributed by atoms with van der Waals surface area (Å²) in [6.07, 6.45) is 0. The fraction of sp³-hybridized carbons (Fsp3) is 0.125. The maximum atomic E-state index is 11.5. The molecule has 0 aromatic heterocycles. The maximum Gasteiger partial charge on any atom is 0.336 e. The number of rotatable bonds is 4. The molecule has 0 saturated carbocycles. The highest BCUT2D eigenvalue weighted by atomic mass is 16.4. The molecule has 0 unspecified atom stereocenters. The molecular weight excluding hydrogens is 270 g/mol. The molecule has 0 bridgehead atoms. The molecule has 108 valence electrons. The third-order valence-corrected chi connectivity index (χ3v) is 3.34. The first-order valence-electron chi connectivity index (χ1n) is 6.35. The molecule has 0 aliphatic carbocycles. The number of hydrogen-bond acceptors (Lipinski definition) is 3. The second-order valence-electron chi connectivity index (χ2n) is 4.69. The second kappa shape index (κ2) is 5.76. The smallest absolute Gasteiger partial charge is 0.336 e. The quantitative estimate of drug-likeness (QED) is 0.801. The van der Waals surface area contributed by atoms with Crippen molar-refractivity contribution in [2.24, 2.45) is 5.73 Å². The Labute approximate surface area is 121 Å². The Morgan fingerprint density at radius 3 is 2.10 bits per heavy atom. The van der Waals surface area contributed by atoms with Gasteiger partial charge in [-0.3, -0.25) is 0 Å². The normalized spacial score (nSPS) is 10.4. The average molecular weight is 285 g/mol. The fourth-order valence-corrected chi connectivity index (χ4v) is 2.27. The van der Waals surface area contributed by atoms with Gasteiger partial charge in [0, 0.05) is 12.1 Å². The van der Waals surface area contributed by atoms with Crippen molar-refractivity contribution in [3.05, 3.63) is 58.7 Å². The van der Waals surface area contributed by atoms with Crippen LogP contribution in [0.15, 0.2) is 36.4 Å². The van der Waals surface area contributed by atoms with Gasteiger partial charge in [0.25, 0.3) is 0 Å². The van der Waals surface area contributed by atoms with Crippen molar-refractivity contribution >= 4 is 11.9 Å². The Balaban J connectivity index is 2.76. The van der Waals surface area contributed by atoms with Gasteiger partial charge in [-0.05, 0) is 29.7 Å². The number of hydrogen-bond donors (Lipinski definition) is 3. The second-order valence-corrected chi connectivity index (χ2v) is 4.69. The van der Waals surface area contributed by atoms with Gasteiger partial charge in [-0.2, -0.15) is 0 Å². The topological polar surface area (TPSA) is 101 Å². The zero-order valence-corrected chi connectivity index (χ0v) is 11.5. The summed E-state index contributed by atoms with van der Waals surface area (Å²) in [5.74, 6) is -2.30. The summed E-state index contributed by atoms with van der Waals surface area (Å²) in [5, 5.41) is 18.7. The van der Waals surface area contributed by atoms with E-state index in [0.29, 0.717) is 17.7 Å². The zero-order valence-electron chi connectivity index (χ0n) is 11.5. The molecule has 0 atom stereocenters. The molecule has 2 aromatic rings. The first kappa shape index (κ1) is 14.7. The van der Waals surface area contributed by atoms with Crippen LogP contribution in [0.25, 0.3) is 11.1 Å². The van der Waals surface area contributed by atoms with Crippen LogP contribution in [0.4, 0.5) is 0 Å². The lowest BCUT2D eigenvalue weighted by Gasteiger charge is -2.13. The molecule has 2 aromatic carbocycles.